The maximum absolute atomic E-state index is 13.0. The summed E-state index contributed by atoms with van der Waals surface area (Å²) in [6, 6.07) is 6.29. The van der Waals surface area contributed by atoms with E-state index in [0.717, 1.165) is 19.3 Å². The molecule has 1 saturated heterocycles. The first kappa shape index (κ1) is 20.0. The third-order valence-electron chi connectivity index (χ3n) is 5.05. The smallest absolute Gasteiger partial charge is 0.251 e. The fourth-order valence-corrected chi connectivity index (χ4v) is 5.29. The summed E-state index contributed by atoms with van der Waals surface area (Å²) in [5, 5.41) is 2.94. The van der Waals surface area contributed by atoms with Gasteiger partial charge in [-0.2, -0.15) is 4.31 Å². The van der Waals surface area contributed by atoms with Gasteiger partial charge in [0.2, 0.25) is 10.0 Å². The highest BCUT2D eigenvalue weighted by molar-refractivity contribution is 7.89. The summed E-state index contributed by atoms with van der Waals surface area (Å²) in [5.74, 6) is 0.215. The second-order valence-electron chi connectivity index (χ2n) is 7.47. The number of benzene rings is 1. The number of rotatable bonds is 5. The lowest BCUT2D eigenvalue weighted by Gasteiger charge is -2.34. The Hall–Kier alpha value is -1.70. The number of allylic oxidation sites excluding steroid dienone is 2. The molecule has 1 aromatic carbocycles. The first-order valence-corrected chi connectivity index (χ1v) is 11.0. The van der Waals surface area contributed by atoms with E-state index in [1.54, 1.807) is 18.2 Å². The Bertz CT molecular complexity index is 796. The van der Waals surface area contributed by atoms with Gasteiger partial charge >= 0.3 is 0 Å². The van der Waals surface area contributed by atoms with Crippen LogP contribution in [0.2, 0.25) is 0 Å². The van der Waals surface area contributed by atoms with Crippen LogP contribution < -0.4 is 5.32 Å². The van der Waals surface area contributed by atoms with E-state index in [-0.39, 0.29) is 23.0 Å². The first-order valence-electron chi connectivity index (χ1n) is 9.55. The van der Waals surface area contributed by atoms with Crippen LogP contribution in [0.15, 0.2) is 41.3 Å². The number of carbonyl (C=O) groups excluding carboxylic acids is 1. The van der Waals surface area contributed by atoms with E-state index < -0.39 is 10.0 Å². The molecule has 1 aliphatic carbocycles. The Labute approximate surface area is 161 Å². The van der Waals surface area contributed by atoms with Crippen molar-refractivity contribution in [1.82, 2.24) is 9.62 Å². The van der Waals surface area contributed by atoms with Gasteiger partial charge in [0.1, 0.15) is 0 Å². The van der Waals surface area contributed by atoms with Crippen molar-refractivity contribution >= 4 is 15.9 Å². The number of nitrogens with one attached hydrogen (secondary N) is 1. The third kappa shape index (κ3) is 4.97. The summed E-state index contributed by atoms with van der Waals surface area (Å²) in [6.07, 6.45) is 7.10. The van der Waals surface area contributed by atoms with Crippen molar-refractivity contribution in [2.75, 3.05) is 19.6 Å². The van der Waals surface area contributed by atoms with E-state index in [1.165, 1.54) is 10.4 Å². The van der Waals surface area contributed by atoms with Gasteiger partial charge in [-0.15, -0.1) is 0 Å². The van der Waals surface area contributed by atoms with Crippen LogP contribution in [0.3, 0.4) is 0 Å². The lowest BCUT2D eigenvalue weighted by atomic mass is 9.94. The van der Waals surface area contributed by atoms with E-state index in [0.29, 0.717) is 31.1 Å². The van der Waals surface area contributed by atoms with Crippen molar-refractivity contribution in [2.24, 2.45) is 5.92 Å². The number of amides is 1. The summed E-state index contributed by atoms with van der Waals surface area (Å²) in [6.45, 7) is 4.97. The molecule has 3 atom stereocenters. The van der Waals surface area contributed by atoms with E-state index in [4.69, 9.17) is 4.74 Å². The van der Waals surface area contributed by atoms with Gasteiger partial charge in [0.15, 0.2) is 0 Å². The lowest BCUT2D eigenvalue weighted by Crippen LogP contribution is -2.48. The molecule has 2 aliphatic rings. The van der Waals surface area contributed by atoms with E-state index in [1.807, 2.05) is 13.8 Å². The molecule has 1 aliphatic heterocycles. The Morgan fingerprint density at radius 3 is 2.63 bits per heavy atom. The van der Waals surface area contributed by atoms with Crippen LogP contribution >= 0.6 is 0 Å². The molecule has 0 saturated carbocycles. The van der Waals surface area contributed by atoms with Crippen LogP contribution in [-0.4, -0.2) is 50.5 Å². The SMILES string of the molecule is CC1CN(S(=O)(=O)c2cccc(C(=O)NCC3CC=CCC3)c2)CC(C)O1. The molecule has 27 heavy (non-hydrogen) atoms. The molecule has 3 unspecified atom stereocenters. The van der Waals surface area contributed by atoms with Gasteiger partial charge in [-0.05, 0) is 57.2 Å². The Morgan fingerprint density at radius 1 is 1.22 bits per heavy atom. The maximum Gasteiger partial charge on any atom is 0.251 e. The quantitative estimate of drug-likeness (QED) is 0.782. The molecular weight excluding hydrogens is 364 g/mol. The number of nitrogens with zero attached hydrogens (tertiary/aromatic N) is 1. The molecular formula is C20H28N2O4S. The average molecular weight is 393 g/mol. The zero-order valence-electron chi connectivity index (χ0n) is 15.9. The van der Waals surface area contributed by atoms with Gasteiger partial charge in [-0.25, -0.2) is 8.42 Å². The number of morpholine rings is 1. The molecule has 148 valence electrons. The standard InChI is InChI=1S/C20H28N2O4S/c1-15-13-22(14-16(2)26-15)27(24,25)19-10-6-9-18(11-19)20(23)21-12-17-7-4-3-5-8-17/h3-4,6,9-11,15-17H,5,7-8,12-14H2,1-2H3,(H,21,23). The topological polar surface area (TPSA) is 75.7 Å². The summed E-state index contributed by atoms with van der Waals surface area (Å²) < 4.78 is 33.0. The van der Waals surface area contributed by atoms with Gasteiger partial charge in [0.25, 0.3) is 5.91 Å². The van der Waals surface area contributed by atoms with E-state index in [2.05, 4.69) is 17.5 Å². The highest BCUT2D eigenvalue weighted by Crippen LogP contribution is 2.22. The minimum Gasteiger partial charge on any atom is -0.373 e. The molecule has 0 aromatic heterocycles. The van der Waals surface area contributed by atoms with Crippen LogP contribution in [0.5, 0.6) is 0 Å². The normalized spacial score (nSPS) is 26.7. The highest BCUT2D eigenvalue weighted by Gasteiger charge is 2.32. The fourth-order valence-electron chi connectivity index (χ4n) is 3.65. The summed E-state index contributed by atoms with van der Waals surface area (Å²) >= 11 is 0. The van der Waals surface area contributed by atoms with Gasteiger partial charge in [-0.1, -0.05) is 18.2 Å². The summed E-state index contributed by atoms with van der Waals surface area (Å²) in [7, 11) is -3.66. The zero-order valence-corrected chi connectivity index (χ0v) is 16.7. The molecule has 1 fully saturated rings. The highest BCUT2D eigenvalue weighted by atomic mass is 32.2. The summed E-state index contributed by atoms with van der Waals surface area (Å²) in [5.41, 5.74) is 0.372. The van der Waals surface area contributed by atoms with Crippen LogP contribution in [0.1, 0.15) is 43.5 Å². The molecule has 1 heterocycles. The lowest BCUT2D eigenvalue weighted by molar-refractivity contribution is -0.0440. The van der Waals surface area contributed by atoms with Crippen LogP contribution in [0.4, 0.5) is 0 Å². The first-order chi connectivity index (χ1) is 12.9. The fraction of sp³-hybridized carbons (Fsp3) is 0.550. The molecule has 3 rings (SSSR count). The minimum absolute atomic E-state index is 0.150. The van der Waals surface area contributed by atoms with E-state index >= 15 is 0 Å². The monoisotopic (exact) mass is 392 g/mol. The molecule has 1 amide bonds. The molecule has 0 spiro atoms. The van der Waals surface area contributed by atoms with Gasteiger partial charge in [0, 0.05) is 25.2 Å². The van der Waals surface area contributed by atoms with Crippen LogP contribution in [0, 0.1) is 5.92 Å². The minimum atomic E-state index is -3.66. The second-order valence-corrected chi connectivity index (χ2v) is 9.41. The van der Waals surface area contributed by atoms with Crippen LogP contribution in [-0.2, 0) is 14.8 Å². The number of hydrogen-bond acceptors (Lipinski definition) is 4. The van der Waals surface area contributed by atoms with Crippen molar-refractivity contribution in [2.45, 2.75) is 50.2 Å². The van der Waals surface area contributed by atoms with E-state index in [9.17, 15) is 13.2 Å². The molecule has 0 radical (unpaired) electrons. The zero-order chi connectivity index (χ0) is 19.4. The average Bonchev–Trinajstić information content (AvgIpc) is 2.66. The van der Waals surface area contributed by atoms with Crippen molar-refractivity contribution < 1.29 is 17.9 Å². The number of ether oxygens (including phenoxy) is 1. The largest absolute Gasteiger partial charge is 0.373 e. The Kier molecular flexibility index (Phi) is 6.34. The van der Waals surface area contributed by atoms with Gasteiger partial charge in [0.05, 0.1) is 17.1 Å². The molecule has 1 aromatic rings. The molecule has 7 heteroatoms. The van der Waals surface area contributed by atoms with Gasteiger partial charge < -0.3 is 10.1 Å². The maximum atomic E-state index is 13.0. The van der Waals surface area contributed by atoms with Crippen molar-refractivity contribution in [3.05, 3.63) is 42.0 Å². The number of hydrogen-bond donors (Lipinski definition) is 1. The second kappa shape index (κ2) is 8.54. The Balaban J connectivity index is 1.70. The van der Waals surface area contributed by atoms with Crippen molar-refractivity contribution in [1.29, 1.82) is 0 Å². The summed E-state index contributed by atoms with van der Waals surface area (Å²) in [4.78, 5) is 12.6. The van der Waals surface area contributed by atoms with Gasteiger partial charge in [-0.3, -0.25) is 4.79 Å². The number of sulfonamides is 1. The predicted octanol–water partition coefficient (Wildman–Crippen LogP) is 2.57. The Morgan fingerprint density at radius 2 is 1.96 bits per heavy atom. The third-order valence-corrected chi connectivity index (χ3v) is 6.88. The van der Waals surface area contributed by atoms with Crippen LogP contribution in [0.25, 0.3) is 0 Å². The van der Waals surface area contributed by atoms with Crippen molar-refractivity contribution in [3.8, 4) is 0 Å². The molecule has 0 bridgehead atoms. The van der Waals surface area contributed by atoms with Crippen molar-refractivity contribution in [3.63, 3.8) is 0 Å². The molecule has 1 N–H and O–H groups in total. The number of carbonyl (C=O) groups is 1. The predicted molar refractivity (Wildman–Crippen MR) is 104 cm³/mol. The molecule has 6 nitrogen and oxygen atoms in total.